The van der Waals surface area contributed by atoms with Gasteiger partial charge in [0.15, 0.2) is 0 Å². The molecule has 0 amide bonds. The second-order valence-electron chi connectivity index (χ2n) is 8.33. The Balaban J connectivity index is 0.000000254. The fourth-order valence-corrected chi connectivity index (χ4v) is 4.14. The van der Waals surface area contributed by atoms with E-state index in [0.29, 0.717) is 0 Å². The van der Waals surface area contributed by atoms with Crippen LogP contribution in [0, 0.1) is 5.41 Å². The molecule has 0 spiro atoms. The Morgan fingerprint density at radius 1 is 0.375 bits per heavy atom. The van der Waals surface area contributed by atoms with Crippen LogP contribution in [0.5, 0.6) is 0 Å². The predicted molar refractivity (Wildman–Crippen MR) is 104 cm³/mol. The average molecular weight is 341 g/mol. The molecule has 0 aliphatic heterocycles. The van der Waals surface area contributed by atoms with Gasteiger partial charge in [-0.1, -0.05) is 109 Å². The van der Waals surface area contributed by atoms with Crippen molar-refractivity contribution in [3.05, 3.63) is 0 Å². The lowest BCUT2D eigenvalue weighted by Gasteiger charge is -2.30. The summed E-state index contributed by atoms with van der Waals surface area (Å²) in [5, 5.41) is 18.7. The van der Waals surface area contributed by atoms with Gasteiger partial charge in [-0.25, -0.2) is 0 Å². The number of hydrogen-bond donors (Lipinski definition) is 2. The van der Waals surface area contributed by atoms with Crippen molar-refractivity contribution in [1.82, 2.24) is 0 Å². The molecule has 0 heterocycles. The Labute approximate surface area is 151 Å². The first-order valence-electron chi connectivity index (χ1n) is 11.0. The van der Waals surface area contributed by atoms with Crippen molar-refractivity contribution < 1.29 is 10.2 Å². The van der Waals surface area contributed by atoms with Crippen LogP contribution in [0.4, 0.5) is 0 Å². The summed E-state index contributed by atoms with van der Waals surface area (Å²) >= 11 is 0. The predicted octanol–water partition coefficient (Wildman–Crippen LogP) is 6.38. The van der Waals surface area contributed by atoms with E-state index in [-0.39, 0.29) is 18.6 Å². The standard InChI is InChI=1S/C12H24O2.C10H20/c13-10-12(11-14)8-6-4-2-1-3-5-7-9-12;1-2-4-6-8-10-9-7-5-3-1/h13-14H,1-11H2;1-10H2. The molecule has 0 atom stereocenters. The summed E-state index contributed by atoms with van der Waals surface area (Å²) < 4.78 is 0. The Kier molecular flexibility index (Phi) is 13.9. The van der Waals surface area contributed by atoms with E-state index in [1.54, 1.807) is 0 Å². The number of hydrogen-bond acceptors (Lipinski definition) is 2. The quantitative estimate of drug-likeness (QED) is 0.612. The van der Waals surface area contributed by atoms with Crippen LogP contribution < -0.4 is 0 Å². The highest BCUT2D eigenvalue weighted by Gasteiger charge is 2.27. The van der Waals surface area contributed by atoms with Crippen LogP contribution in [0.1, 0.15) is 122 Å². The molecule has 0 radical (unpaired) electrons. The van der Waals surface area contributed by atoms with Crippen LogP contribution in [0.3, 0.4) is 0 Å². The maximum absolute atomic E-state index is 9.36. The summed E-state index contributed by atoms with van der Waals surface area (Å²) in [6.07, 6.45) is 25.9. The van der Waals surface area contributed by atoms with Crippen molar-refractivity contribution in [3.8, 4) is 0 Å². The molecule has 2 nitrogen and oxygen atoms in total. The lowest BCUT2D eigenvalue weighted by Crippen LogP contribution is -2.30. The highest BCUT2D eigenvalue weighted by Crippen LogP contribution is 2.32. The Hall–Kier alpha value is -0.0800. The third kappa shape index (κ3) is 10.7. The van der Waals surface area contributed by atoms with Crippen LogP contribution in [0.2, 0.25) is 0 Å². The first kappa shape index (κ1) is 22.0. The molecule has 0 aromatic carbocycles. The van der Waals surface area contributed by atoms with Crippen LogP contribution in [-0.4, -0.2) is 23.4 Å². The van der Waals surface area contributed by atoms with Crippen molar-refractivity contribution in [2.75, 3.05) is 13.2 Å². The number of aliphatic hydroxyl groups is 2. The van der Waals surface area contributed by atoms with E-state index in [2.05, 4.69) is 0 Å². The van der Waals surface area contributed by atoms with Gasteiger partial charge in [-0.2, -0.15) is 0 Å². The minimum Gasteiger partial charge on any atom is -0.396 e. The van der Waals surface area contributed by atoms with Gasteiger partial charge in [0.2, 0.25) is 0 Å². The van der Waals surface area contributed by atoms with E-state index in [9.17, 15) is 10.2 Å². The minimum absolute atomic E-state index is 0.156. The summed E-state index contributed by atoms with van der Waals surface area (Å²) in [5.41, 5.74) is -0.169. The topological polar surface area (TPSA) is 40.5 Å². The van der Waals surface area contributed by atoms with E-state index in [1.807, 2.05) is 0 Å². The zero-order valence-electron chi connectivity index (χ0n) is 16.2. The third-order valence-corrected chi connectivity index (χ3v) is 6.09. The number of aliphatic hydroxyl groups excluding tert-OH is 2. The zero-order valence-corrected chi connectivity index (χ0v) is 16.2. The van der Waals surface area contributed by atoms with Crippen molar-refractivity contribution in [2.45, 2.75) is 122 Å². The molecule has 0 unspecified atom stereocenters. The summed E-state index contributed by atoms with van der Waals surface area (Å²) in [6.45, 7) is 0.312. The maximum Gasteiger partial charge on any atom is 0.0509 e. The molecule has 2 aliphatic carbocycles. The fraction of sp³-hybridized carbons (Fsp3) is 1.00. The molecular weight excluding hydrogens is 296 g/mol. The molecule has 2 aliphatic rings. The van der Waals surface area contributed by atoms with Crippen LogP contribution in [0.15, 0.2) is 0 Å². The van der Waals surface area contributed by atoms with E-state index in [0.717, 1.165) is 12.8 Å². The summed E-state index contributed by atoms with van der Waals surface area (Å²) in [4.78, 5) is 0. The minimum atomic E-state index is -0.169. The molecule has 144 valence electrons. The highest BCUT2D eigenvalue weighted by atomic mass is 16.3. The Bertz CT molecular complexity index is 215. The average Bonchev–Trinajstić information content (AvgIpc) is 2.65. The first-order valence-corrected chi connectivity index (χ1v) is 11.0. The summed E-state index contributed by atoms with van der Waals surface area (Å²) in [7, 11) is 0. The lowest BCUT2D eigenvalue weighted by atomic mass is 9.78. The van der Waals surface area contributed by atoms with E-state index in [4.69, 9.17) is 0 Å². The number of rotatable bonds is 2. The fourth-order valence-electron chi connectivity index (χ4n) is 4.14. The molecule has 0 bridgehead atoms. The van der Waals surface area contributed by atoms with Gasteiger partial charge in [0.25, 0.3) is 0 Å². The molecular formula is C22H44O2. The Morgan fingerprint density at radius 2 is 0.583 bits per heavy atom. The Morgan fingerprint density at radius 3 is 0.792 bits per heavy atom. The second-order valence-corrected chi connectivity index (χ2v) is 8.33. The van der Waals surface area contributed by atoms with E-state index < -0.39 is 0 Å². The molecule has 0 aromatic heterocycles. The van der Waals surface area contributed by atoms with Gasteiger partial charge in [0.05, 0.1) is 13.2 Å². The molecule has 2 saturated carbocycles. The van der Waals surface area contributed by atoms with Crippen molar-refractivity contribution >= 4 is 0 Å². The highest BCUT2D eigenvalue weighted by molar-refractivity contribution is 4.78. The van der Waals surface area contributed by atoms with Gasteiger partial charge >= 0.3 is 0 Å². The van der Waals surface area contributed by atoms with E-state index in [1.165, 1.54) is 109 Å². The molecule has 24 heavy (non-hydrogen) atoms. The van der Waals surface area contributed by atoms with Crippen molar-refractivity contribution in [1.29, 1.82) is 0 Å². The summed E-state index contributed by atoms with van der Waals surface area (Å²) in [6, 6.07) is 0. The largest absolute Gasteiger partial charge is 0.396 e. The van der Waals surface area contributed by atoms with Crippen LogP contribution >= 0.6 is 0 Å². The van der Waals surface area contributed by atoms with Crippen LogP contribution in [0.25, 0.3) is 0 Å². The molecule has 0 saturated heterocycles. The first-order chi connectivity index (χ1) is 11.8. The summed E-state index contributed by atoms with van der Waals surface area (Å²) in [5.74, 6) is 0. The van der Waals surface area contributed by atoms with Gasteiger partial charge in [-0.3, -0.25) is 0 Å². The molecule has 2 N–H and O–H groups in total. The van der Waals surface area contributed by atoms with Gasteiger partial charge < -0.3 is 10.2 Å². The van der Waals surface area contributed by atoms with Crippen molar-refractivity contribution in [3.63, 3.8) is 0 Å². The van der Waals surface area contributed by atoms with Gasteiger partial charge in [0, 0.05) is 5.41 Å². The van der Waals surface area contributed by atoms with Gasteiger partial charge in [-0.05, 0) is 12.8 Å². The van der Waals surface area contributed by atoms with Gasteiger partial charge in [-0.15, -0.1) is 0 Å². The lowest BCUT2D eigenvalue weighted by molar-refractivity contribution is 0.0345. The maximum atomic E-state index is 9.36. The monoisotopic (exact) mass is 340 g/mol. The molecule has 2 fully saturated rings. The second kappa shape index (κ2) is 15.2. The molecule has 2 heteroatoms. The van der Waals surface area contributed by atoms with Crippen LogP contribution in [-0.2, 0) is 0 Å². The van der Waals surface area contributed by atoms with Gasteiger partial charge in [0.1, 0.15) is 0 Å². The molecule has 2 rings (SSSR count). The van der Waals surface area contributed by atoms with Crippen molar-refractivity contribution in [2.24, 2.45) is 5.41 Å². The third-order valence-electron chi connectivity index (χ3n) is 6.09. The zero-order chi connectivity index (χ0) is 17.3. The normalized spacial score (nSPS) is 24.2. The molecule has 0 aromatic rings. The smallest absolute Gasteiger partial charge is 0.0509 e. The SMILES string of the molecule is C1CCCCCCCCC1.OCC1(CO)CCCCCCCCC1. The van der Waals surface area contributed by atoms with E-state index >= 15 is 0 Å².